The molecule has 1 fully saturated rings. The summed E-state index contributed by atoms with van der Waals surface area (Å²) in [5.41, 5.74) is 2.30. The number of carbonyl (C=O) groups is 1. The first-order chi connectivity index (χ1) is 9.60. The van der Waals surface area contributed by atoms with Gasteiger partial charge >= 0.3 is 0 Å². The first-order valence-electron chi connectivity index (χ1n) is 7.46. The fraction of sp³-hybridized carbons (Fsp3) is 0.733. The molecule has 1 aromatic rings. The Bertz CT molecular complexity index is 448. The fourth-order valence-electron chi connectivity index (χ4n) is 2.75. The maximum Gasteiger partial charge on any atom is 0.248 e. The molecular weight excluding hydrogens is 254 g/mol. The van der Waals surface area contributed by atoms with Gasteiger partial charge in [-0.05, 0) is 45.6 Å². The molecule has 0 saturated carbocycles. The van der Waals surface area contributed by atoms with Gasteiger partial charge in [0.25, 0.3) is 0 Å². The lowest BCUT2D eigenvalue weighted by Gasteiger charge is -2.32. The summed E-state index contributed by atoms with van der Waals surface area (Å²) in [6.07, 6.45) is 2.10. The third-order valence-corrected chi connectivity index (χ3v) is 3.93. The topological polar surface area (TPSA) is 47.4 Å². The normalized spacial score (nSPS) is 16.6. The van der Waals surface area contributed by atoms with E-state index in [4.69, 9.17) is 4.74 Å². The van der Waals surface area contributed by atoms with Gasteiger partial charge in [0.1, 0.15) is 6.61 Å². The van der Waals surface area contributed by atoms with Crippen molar-refractivity contribution in [1.82, 2.24) is 14.7 Å². The highest BCUT2D eigenvalue weighted by molar-refractivity contribution is 5.77. The summed E-state index contributed by atoms with van der Waals surface area (Å²) in [4.78, 5) is 13.8. The van der Waals surface area contributed by atoms with Crippen LogP contribution in [-0.2, 0) is 16.1 Å². The minimum Gasteiger partial charge on any atom is -0.372 e. The van der Waals surface area contributed by atoms with Crippen LogP contribution in [0.5, 0.6) is 0 Å². The molecule has 1 amide bonds. The Labute approximate surface area is 120 Å². The minimum absolute atomic E-state index is 0.122. The Kier molecular flexibility index (Phi) is 5.17. The zero-order chi connectivity index (χ0) is 14.5. The predicted octanol–water partition coefficient (Wildman–Crippen LogP) is 1.78. The Balaban J connectivity index is 1.79. The quantitative estimate of drug-likeness (QED) is 0.825. The Hall–Kier alpha value is -1.36. The molecule has 0 unspecified atom stereocenters. The molecule has 1 aliphatic heterocycles. The number of piperidine rings is 1. The third-order valence-electron chi connectivity index (χ3n) is 3.93. The molecule has 2 rings (SSSR count). The highest BCUT2D eigenvalue weighted by atomic mass is 16.5. The van der Waals surface area contributed by atoms with Gasteiger partial charge in [0, 0.05) is 31.9 Å². The van der Waals surface area contributed by atoms with E-state index in [-0.39, 0.29) is 12.5 Å². The SMILES string of the molecule is CCOCC(=O)N1CCC(Cn2nc(C)cc2C)CC1. The lowest BCUT2D eigenvalue weighted by molar-refractivity contribution is -0.137. The second-order valence-electron chi connectivity index (χ2n) is 5.57. The highest BCUT2D eigenvalue weighted by Gasteiger charge is 2.23. The molecule has 0 spiro atoms. The van der Waals surface area contributed by atoms with Crippen molar-refractivity contribution in [2.45, 2.75) is 40.2 Å². The van der Waals surface area contributed by atoms with Crippen LogP contribution in [-0.4, -0.2) is 46.9 Å². The molecule has 2 heterocycles. The van der Waals surface area contributed by atoms with Crippen molar-refractivity contribution in [3.63, 3.8) is 0 Å². The lowest BCUT2D eigenvalue weighted by Crippen LogP contribution is -2.41. The van der Waals surface area contributed by atoms with Gasteiger partial charge < -0.3 is 9.64 Å². The number of hydrogen-bond acceptors (Lipinski definition) is 3. The molecule has 0 aliphatic carbocycles. The van der Waals surface area contributed by atoms with Gasteiger partial charge in [0.05, 0.1) is 5.69 Å². The van der Waals surface area contributed by atoms with Crippen molar-refractivity contribution in [2.75, 3.05) is 26.3 Å². The van der Waals surface area contributed by atoms with E-state index in [1.165, 1.54) is 5.69 Å². The van der Waals surface area contributed by atoms with E-state index >= 15 is 0 Å². The monoisotopic (exact) mass is 279 g/mol. The van der Waals surface area contributed by atoms with E-state index in [0.717, 1.165) is 38.2 Å². The van der Waals surface area contributed by atoms with E-state index in [9.17, 15) is 4.79 Å². The maximum atomic E-state index is 11.9. The average Bonchev–Trinajstić information content (AvgIpc) is 2.75. The summed E-state index contributed by atoms with van der Waals surface area (Å²) < 4.78 is 7.28. The summed E-state index contributed by atoms with van der Waals surface area (Å²) in [7, 11) is 0. The number of hydrogen-bond donors (Lipinski definition) is 0. The van der Waals surface area contributed by atoms with Crippen molar-refractivity contribution < 1.29 is 9.53 Å². The van der Waals surface area contributed by atoms with Crippen LogP contribution in [0.1, 0.15) is 31.2 Å². The fourth-order valence-corrected chi connectivity index (χ4v) is 2.75. The number of amides is 1. The summed E-state index contributed by atoms with van der Waals surface area (Å²) in [6.45, 7) is 9.50. The van der Waals surface area contributed by atoms with Crippen LogP contribution < -0.4 is 0 Å². The molecule has 112 valence electrons. The van der Waals surface area contributed by atoms with Crippen molar-refractivity contribution in [2.24, 2.45) is 5.92 Å². The molecule has 20 heavy (non-hydrogen) atoms. The van der Waals surface area contributed by atoms with Crippen molar-refractivity contribution >= 4 is 5.91 Å². The highest BCUT2D eigenvalue weighted by Crippen LogP contribution is 2.20. The number of aromatic nitrogens is 2. The average molecular weight is 279 g/mol. The van der Waals surface area contributed by atoms with Crippen LogP contribution in [0, 0.1) is 19.8 Å². The number of aryl methyl sites for hydroxylation is 2. The predicted molar refractivity (Wildman–Crippen MR) is 77.5 cm³/mol. The number of ether oxygens (including phenoxy) is 1. The Morgan fingerprint density at radius 1 is 1.40 bits per heavy atom. The molecule has 5 nitrogen and oxygen atoms in total. The van der Waals surface area contributed by atoms with Crippen LogP contribution in [0.2, 0.25) is 0 Å². The van der Waals surface area contributed by atoms with Gasteiger partial charge in [0.15, 0.2) is 0 Å². The van der Waals surface area contributed by atoms with E-state index in [1.54, 1.807) is 0 Å². The van der Waals surface area contributed by atoms with Crippen LogP contribution in [0.3, 0.4) is 0 Å². The Morgan fingerprint density at radius 2 is 2.10 bits per heavy atom. The van der Waals surface area contributed by atoms with Gasteiger partial charge in [-0.25, -0.2) is 0 Å². The second-order valence-corrected chi connectivity index (χ2v) is 5.57. The van der Waals surface area contributed by atoms with Crippen molar-refractivity contribution in [3.05, 3.63) is 17.5 Å². The van der Waals surface area contributed by atoms with Gasteiger partial charge in [-0.3, -0.25) is 9.48 Å². The summed E-state index contributed by atoms with van der Waals surface area (Å²) in [5, 5.41) is 4.52. The zero-order valence-electron chi connectivity index (χ0n) is 12.8. The van der Waals surface area contributed by atoms with Crippen molar-refractivity contribution in [1.29, 1.82) is 0 Å². The molecule has 0 bridgehead atoms. The molecule has 0 N–H and O–H groups in total. The number of rotatable bonds is 5. The molecule has 0 aromatic carbocycles. The van der Waals surface area contributed by atoms with Crippen molar-refractivity contribution in [3.8, 4) is 0 Å². The van der Waals surface area contributed by atoms with Gasteiger partial charge in [0.2, 0.25) is 5.91 Å². The van der Waals surface area contributed by atoms with Crippen LogP contribution in [0.15, 0.2) is 6.07 Å². The number of likely N-dealkylation sites (tertiary alicyclic amines) is 1. The van der Waals surface area contributed by atoms with Gasteiger partial charge in [-0.15, -0.1) is 0 Å². The van der Waals surface area contributed by atoms with Crippen LogP contribution in [0.25, 0.3) is 0 Å². The molecular formula is C15H25N3O2. The van der Waals surface area contributed by atoms with E-state index < -0.39 is 0 Å². The zero-order valence-corrected chi connectivity index (χ0v) is 12.8. The summed E-state index contributed by atoms with van der Waals surface area (Å²) in [6, 6.07) is 2.11. The van der Waals surface area contributed by atoms with Crippen LogP contribution in [0.4, 0.5) is 0 Å². The van der Waals surface area contributed by atoms with Gasteiger partial charge in [-0.1, -0.05) is 0 Å². The largest absolute Gasteiger partial charge is 0.372 e. The molecule has 1 aliphatic rings. The van der Waals surface area contributed by atoms with E-state index in [1.807, 2.05) is 18.7 Å². The molecule has 1 saturated heterocycles. The first kappa shape index (κ1) is 15.0. The third kappa shape index (κ3) is 3.82. The lowest BCUT2D eigenvalue weighted by atomic mass is 9.97. The maximum absolute atomic E-state index is 11.9. The molecule has 0 radical (unpaired) electrons. The summed E-state index contributed by atoms with van der Waals surface area (Å²) in [5.74, 6) is 0.737. The first-order valence-corrected chi connectivity index (χ1v) is 7.46. The number of carbonyl (C=O) groups excluding carboxylic acids is 1. The van der Waals surface area contributed by atoms with Crippen LogP contribution >= 0.6 is 0 Å². The van der Waals surface area contributed by atoms with E-state index in [0.29, 0.717) is 12.5 Å². The minimum atomic E-state index is 0.122. The second kappa shape index (κ2) is 6.88. The number of nitrogens with zero attached hydrogens (tertiary/aromatic N) is 3. The summed E-state index contributed by atoms with van der Waals surface area (Å²) >= 11 is 0. The standard InChI is InChI=1S/C15H25N3O2/c1-4-20-11-15(19)17-7-5-14(6-8-17)10-18-13(3)9-12(2)16-18/h9,14H,4-8,10-11H2,1-3H3. The Morgan fingerprint density at radius 3 is 2.65 bits per heavy atom. The molecule has 5 heteroatoms. The smallest absolute Gasteiger partial charge is 0.248 e. The van der Waals surface area contributed by atoms with Gasteiger partial charge in [-0.2, -0.15) is 5.10 Å². The molecule has 1 aromatic heterocycles. The van der Waals surface area contributed by atoms with E-state index in [2.05, 4.69) is 22.8 Å². The molecule has 0 atom stereocenters.